The van der Waals surface area contributed by atoms with Crippen molar-refractivity contribution in [3.8, 4) is 11.4 Å². The normalized spacial score (nSPS) is 11.8. The third-order valence-electron chi connectivity index (χ3n) is 2.26. The fraction of sp³-hybridized carbons (Fsp3) is 0.273. The Kier molecular flexibility index (Phi) is 2.87. The van der Waals surface area contributed by atoms with Crippen molar-refractivity contribution in [1.29, 1.82) is 0 Å². The maximum absolute atomic E-state index is 12.8. The van der Waals surface area contributed by atoms with E-state index in [2.05, 4.69) is 16.4 Å². The van der Waals surface area contributed by atoms with Gasteiger partial charge in [-0.3, -0.25) is 0 Å². The highest BCUT2D eigenvalue weighted by molar-refractivity contribution is 5.60. The molecule has 0 spiro atoms. The number of halogens is 3. The zero-order chi connectivity index (χ0) is 12.5. The highest BCUT2D eigenvalue weighted by atomic mass is 19.4. The quantitative estimate of drug-likeness (QED) is 0.808. The predicted octanol–water partition coefficient (Wildman–Crippen LogP) is 2.78. The molecule has 0 fully saturated rings. The van der Waals surface area contributed by atoms with Crippen LogP contribution in [0.3, 0.4) is 0 Å². The molecule has 0 amide bonds. The van der Waals surface area contributed by atoms with Crippen LogP contribution in [0.25, 0.3) is 11.4 Å². The van der Waals surface area contributed by atoms with Gasteiger partial charge in [0, 0.05) is 12.1 Å². The maximum atomic E-state index is 12.8. The maximum Gasteiger partial charge on any atom is 0.417 e. The summed E-state index contributed by atoms with van der Waals surface area (Å²) in [5.74, 6) is 0.0415. The van der Waals surface area contributed by atoms with Gasteiger partial charge in [0.15, 0.2) is 12.2 Å². The molecule has 2 rings (SSSR count). The van der Waals surface area contributed by atoms with Gasteiger partial charge in [-0.15, -0.1) is 0 Å². The Balaban J connectivity index is 2.52. The number of hydrogen-bond donors (Lipinski definition) is 0. The molecule has 0 saturated heterocycles. The molecule has 89 valence electrons. The number of hydrogen-bond acceptors (Lipinski definition) is 2. The molecule has 1 aromatic heterocycles. The molecule has 3 nitrogen and oxygen atoms in total. The average Bonchev–Trinajstić information content (AvgIpc) is 2.76. The van der Waals surface area contributed by atoms with Gasteiger partial charge in [-0.1, -0.05) is 18.2 Å². The number of alkyl halides is 3. The molecule has 1 heterocycles. The topological polar surface area (TPSA) is 30.7 Å². The Bertz CT molecular complexity index is 517. The lowest BCUT2D eigenvalue weighted by atomic mass is 10.1. The van der Waals surface area contributed by atoms with E-state index in [4.69, 9.17) is 0 Å². The smallest absolute Gasteiger partial charge is 0.243 e. The minimum Gasteiger partial charge on any atom is -0.243 e. The summed E-state index contributed by atoms with van der Waals surface area (Å²) in [5.41, 5.74) is -0.759. The molecule has 17 heavy (non-hydrogen) atoms. The standard InChI is InChI=1S/C11H9F3N3/c1-2-17-7-15-10(16-17)8-5-3-4-6-9(8)11(12,13)14/h3-6H,2H2,1H3. The second-order valence-electron chi connectivity index (χ2n) is 3.39. The summed E-state index contributed by atoms with van der Waals surface area (Å²) < 4.78 is 39.6. The lowest BCUT2D eigenvalue weighted by Crippen LogP contribution is -2.07. The fourth-order valence-electron chi connectivity index (χ4n) is 1.44. The summed E-state index contributed by atoms with van der Waals surface area (Å²) in [6, 6.07) is 5.23. The average molecular weight is 240 g/mol. The van der Waals surface area contributed by atoms with Crippen molar-refractivity contribution in [2.24, 2.45) is 0 Å². The van der Waals surface area contributed by atoms with E-state index in [-0.39, 0.29) is 11.4 Å². The predicted molar refractivity (Wildman–Crippen MR) is 55.0 cm³/mol. The minimum atomic E-state index is -4.41. The van der Waals surface area contributed by atoms with Gasteiger partial charge < -0.3 is 0 Å². The first kappa shape index (κ1) is 11.6. The summed E-state index contributed by atoms with van der Waals surface area (Å²) in [6.07, 6.45) is -1.89. The molecule has 0 aliphatic carbocycles. The van der Waals surface area contributed by atoms with Gasteiger partial charge in [-0.25, -0.2) is 9.67 Å². The van der Waals surface area contributed by atoms with Crippen LogP contribution in [0.2, 0.25) is 0 Å². The number of aryl methyl sites for hydroxylation is 1. The summed E-state index contributed by atoms with van der Waals surface area (Å²) in [4.78, 5) is 3.76. The van der Waals surface area contributed by atoms with Gasteiger partial charge >= 0.3 is 6.18 Å². The molecule has 0 bridgehead atoms. The lowest BCUT2D eigenvalue weighted by molar-refractivity contribution is -0.137. The number of nitrogens with zero attached hydrogens (tertiary/aromatic N) is 3. The van der Waals surface area contributed by atoms with Crippen LogP contribution in [-0.2, 0) is 12.7 Å². The highest BCUT2D eigenvalue weighted by Crippen LogP contribution is 2.35. The Morgan fingerprint density at radius 1 is 1.29 bits per heavy atom. The van der Waals surface area contributed by atoms with Crippen molar-refractivity contribution in [3.05, 3.63) is 36.2 Å². The van der Waals surface area contributed by atoms with Gasteiger partial charge in [-0.05, 0) is 13.0 Å². The van der Waals surface area contributed by atoms with Gasteiger partial charge in [-0.2, -0.15) is 18.3 Å². The summed E-state index contributed by atoms with van der Waals surface area (Å²) in [6.45, 7) is 2.33. The first-order chi connectivity index (χ1) is 8.02. The van der Waals surface area contributed by atoms with E-state index >= 15 is 0 Å². The third kappa shape index (κ3) is 2.30. The summed E-state index contributed by atoms with van der Waals surface area (Å²) in [7, 11) is 0. The minimum absolute atomic E-state index is 0.0246. The molecule has 0 aliphatic rings. The fourth-order valence-corrected chi connectivity index (χ4v) is 1.44. The Hall–Kier alpha value is -1.85. The summed E-state index contributed by atoms with van der Waals surface area (Å²) in [5, 5.41) is 3.92. The van der Waals surface area contributed by atoms with Gasteiger partial charge in [0.05, 0.1) is 5.56 Å². The molecule has 0 N–H and O–H groups in total. The molecular formula is C11H9F3N3. The van der Waals surface area contributed by atoms with Crippen molar-refractivity contribution in [2.75, 3.05) is 0 Å². The summed E-state index contributed by atoms with van der Waals surface area (Å²) >= 11 is 0. The largest absolute Gasteiger partial charge is 0.417 e. The van der Waals surface area contributed by atoms with Crippen molar-refractivity contribution >= 4 is 0 Å². The van der Waals surface area contributed by atoms with Crippen molar-refractivity contribution in [3.63, 3.8) is 0 Å². The SMILES string of the molecule is CCn1[c]nc(-c2ccccc2C(F)(F)F)n1. The van der Waals surface area contributed by atoms with Crippen LogP contribution in [0.15, 0.2) is 24.3 Å². The number of benzene rings is 1. The molecule has 1 radical (unpaired) electrons. The second-order valence-corrected chi connectivity index (χ2v) is 3.39. The van der Waals surface area contributed by atoms with Gasteiger partial charge in [0.2, 0.25) is 0 Å². The van der Waals surface area contributed by atoms with Crippen LogP contribution >= 0.6 is 0 Å². The number of aromatic nitrogens is 3. The van der Waals surface area contributed by atoms with Crippen molar-refractivity contribution < 1.29 is 13.2 Å². The lowest BCUT2D eigenvalue weighted by Gasteiger charge is -2.09. The molecule has 0 saturated carbocycles. The van der Waals surface area contributed by atoms with Crippen LogP contribution in [-0.4, -0.2) is 14.8 Å². The second kappa shape index (κ2) is 4.20. The van der Waals surface area contributed by atoms with E-state index in [1.54, 1.807) is 0 Å². The molecule has 6 heteroatoms. The van der Waals surface area contributed by atoms with E-state index in [1.165, 1.54) is 22.9 Å². The molecule has 0 atom stereocenters. The van der Waals surface area contributed by atoms with Crippen LogP contribution in [0.1, 0.15) is 12.5 Å². The van der Waals surface area contributed by atoms with Gasteiger partial charge in [0.1, 0.15) is 0 Å². The van der Waals surface area contributed by atoms with Gasteiger partial charge in [0.25, 0.3) is 0 Å². The molecule has 2 aromatic rings. The monoisotopic (exact) mass is 240 g/mol. The van der Waals surface area contributed by atoms with E-state index in [9.17, 15) is 13.2 Å². The molecule has 0 unspecified atom stereocenters. The molecule has 1 aromatic carbocycles. The van der Waals surface area contributed by atoms with Crippen LogP contribution in [0.5, 0.6) is 0 Å². The Morgan fingerprint density at radius 3 is 2.59 bits per heavy atom. The zero-order valence-corrected chi connectivity index (χ0v) is 8.99. The molecule has 0 aliphatic heterocycles. The van der Waals surface area contributed by atoms with E-state index < -0.39 is 11.7 Å². The van der Waals surface area contributed by atoms with Crippen molar-refractivity contribution in [1.82, 2.24) is 14.8 Å². The van der Waals surface area contributed by atoms with Crippen LogP contribution in [0, 0.1) is 6.33 Å². The Labute approximate surface area is 95.9 Å². The first-order valence-corrected chi connectivity index (χ1v) is 5.01. The van der Waals surface area contributed by atoms with E-state index in [0.29, 0.717) is 6.54 Å². The molecular weight excluding hydrogens is 231 g/mol. The van der Waals surface area contributed by atoms with E-state index in [1.807, 2.05) is 6.92 Å². The Morgan fingerprint density at radius 2 is 2.00 bits per heavy atom. The first-order valence-electron chi connectivity index (χ1n) is 5.01. The highest BCUT2D eigenvalue weighted by Gasteiger charge is 2.34. The third-order valence-corrected chi connectivity index (χ3v) is 2.26. The van der Waals surface area contributed by atoms with Crippen LogP contribution in [0.4, 0.5) is 13.2 Å². The van der Waals surface area contributed by atoms with Crippen molar-refractivity contribution in [2.45, 2.75) is 19.6 Å². The van der Waals surface area contributed by atoms with Crippen LogP contribution < -0.4 is 0 Å². The zero-order valence-electron chi connectivity index (χ0n) is 8.99. The number of rotatable bonds is 2. The van der Waals surface area contributed by atoms with E-state index in [0.717, 1.165) is 6.07 Å².